The van der Waals surface area contributed by atoms with Crippen LogP contribution >= 0.6 is 0 Å². The van der Waals surface area contributed by atoms with E-state index >= 15 is 0 Å². The minimum atomic E-state index is -0.973. The largest absolute Gasteiger partial charge is 0.316 e. The molecule has 0 aliphatic carbocycles. The summed E-state index contributed by atoms with van der Waals surface area (Å²) in [6, 6.07) is 1.42. The Bertz CT molecular complexity index is 193. The average Bonchev–Trinajstić information content (AvgIpc) is 1.99. The van der Waals surface area contributed by atoms with Crippen LogP contribution in [0.5, 0.6) is 0 Å². The van der Waals surface area contributed by atoms with Crippen molar-refractivity contribution in [2.75, 3.05) is 13.1 Å². The van der Waals surface area contributed by atoms with Gasteiger partial charge in [0.15, 0.2) is 0 Å². The molecule has 0 heterocycles. The molecule has 0 amide bonds. The molecule has 0 radical (unpaired) electrons. The Morgan fingerprint density at radius 3 is 1.88 bits per heavy atom. The second-order valence-electron chi connectivity index (χ2n) is 7.57. The van der Waals surface area contributed by atoms with Gasteiger partial charge in [-0.1, -0.05) is 60.3 Å². The van der Waals surface area contributed by atoms with Gasteiger partial charge in [0.05, 0.1) is 0 Å². The van der Waals surface area contributed by atoms with E-state index in [9.17, 15) is 0 Å². The van der Waals surface area contributed by atoms with E-state index in [1.54, 1.807) is 0 Å². The third-order valence-electron chi connectivity index (χ3n) is 3.41. The second-order valence-corrected chi connectivity index (χ2v) is 13.0. The summed E-state index contributed by atoms with van der Waals surface area (Å²) >= 11 is 0. The molecule has 0 spiro atoms. The smallest absolute Gasteiger partial charge is 0.0448 e. The quantitative estimate of drug-likeness (QED) is 0.660. The fraction of sp³-hybridized carbons (Fsp3) is 1.00. The van der Waals surface area contributed by atoms with Crippen molar-refractivity contribution < 1.29 is 0 Å². The van der Waals surface area contributed by atoms with E-state index in [4.69, 9.17) is 0 Å². The molecule has 0 aromatic heterocycles. The molecule has 0 aromatic rings. The maximum Gasteiger partial charge on any atom is 0.0448 e. The van der Waals surface area contributed by atoms with Gasteiger partial charge in [0.1, 0.15) is 0 Å². The zero-order chi connectivity index (χ0) is 13.0. The van der Waals surface area contributed by atoms with Crippen molar-refractivity contribution in [1.29, 1.82) is 0 Å². The van der Waals surface area contributed by atoms with Gasteiger partial charge in [-0.2, -0.15) is 0 Å². The summed E-state index contributed by atoms with van der Waals surface area (Å²) in [5.41, 5.74) is 0.472. The fourth-order valence-electron chi connectivity index (χ4n) is 2.33. The normalized spacial score (nSPS) is 16.9. The Morgan fingerprint density at radius 2 is 1.56 bits per heavy atom. The SMILES string of the molecule is CC(C)CNCC(C)(C[Si](C)(C)C)C(C)C. The van der Waals surface area contributed by atoms with Gasteiger partial charge in [0.25, 0.3) is 0 Å². The molecule has 1 nitrogen and oxygen atoms in total. The lowest BCUT2D eigenvalue weighted by molar-refractivity contribution is 0.232. The van der Waals surface area contributed by atoms with Crippen LogP contribution in [-0.4, -0.2) is 21.2 Å². The van der Waals surface area contributed by atoms with Crippen molar-refractivity contribution in [2.45, 2.75) is 60.3 Å². The highest BCUT2D eigenvalue weighted by Crippen LogP contribution is 2.35. The first kappa shape index (κ1) is 16.2. The molecule has 0 aliphatic rings. The second kappa shape index (κ2) is 6.20. The van der Waals surface area contributed by atoms with Crippen LogP contribution in [0.4, 0.5) is 0 Å². The molecule has 0 bridgehead atoms. The highest BCUT2D eigenvalue weighted by molar-refractivity contribution is 6.76. The third-order valence-corrected chi connectivity index (χ3v) is 5.28. The molecule has 1 unspecified atom stereocenters. The summed E-state index contributed by atoms with van der Waals surface area (Å²) in [7, 11) is -0.973. The van der Waals surface area contributed by atoms with Gasteiger partial charge in [-0.3, -0.25) is 0 Å². The number of hydrogen-bond donors (Lipinski definition) is 1. The van der Waals surface area contributed by atoms with Crippen molar-refractivity contribution in [3.05, 3.63) is 0 Å². The standard InChI is InChI=1S/C14H33NSi/c1-12(2)9-15-10-14(5,13(3)4)11-16(6,7)8/h12-13,15H,9-11H2,1-8H3. The molecule has 1 N–H and O–H groups in total. The molecule has 1 atom stereocenters. The predicted octanol–water partition coefficient (Wildman–Crippen LogP) is 4.23. The topological polar surface area (TPSA) is 12.0 Å². The molecule has 0 aromatic carbocycles. The molecule has 0 saturated carbocycles. The van der Waals surface area contributed by atoms with Crippen LogP contribution in [0.15, 0.2) is 0 Å². The van der Waals surface area contributed by atoms with Crippen molar-refractivity contribution in [3.63, 3.8) is 0 Å². The van der Waals surface area contributed by atoms with Crippen LogP contribution in [0.3, 0.4) is 0 Å². The van der Waals surface area contributed by atoms with E-state index in [2.05, 4.69) is 59.6 Å². The van der Waals surface area contributed by atoms with Crippen LogP contribution in [0.25, 0.3) is 0 Å². The van der Waals surface area contributed by atoms with E-state index in [0.29, 0.717) is 5.41 Å². The maximum atomic E-state index is 3.65. The Morgan fingerprint density at radius 1 is 1.06 bits per heavy atom. The molecule has 0 saturated heterocycles. The third kappa shape index (κ3) is 6.69. The maximum absolute atomic E-state index is 3.65. The van der Waals surface area contributed by atoms with E-state index in [0.717, 1.165) is 18.4 Å². The Kier molecular flexibility index (Phi) is 6.27. The number of nitrogens with one attached hydrogen (secondary N) is 1. The summed E-state index contributed by atoms with van der Waals surface area (Å²) in [6.45, 7) is 21.5. The minimum Gasteiger partial charge on any atom is -0.316 e. The van der Waals surface area contributed by atoms with Crippen molar-refractivity contribution in [1.82, 2.24) is 5.32 Å². The molecular formula is C14H33NSi. The lowest BCUT2D eigenvalue weighted by atomic mass is 9.81. The average molecular weight is 244 g/mol. The van der Waals surface area contributed by atoms with E-state index in [1.165, 1.54) is 12.6 Å². The molecule has 0 rings (SSSR count). The van der Waals surface area contributed by atoms with Crippen molar-refractivity contribution in [2.24, 2.45) is 17.3 Å². The Hall–Kier alpha value is 0.177. The first-order chi connectivity index (χ1) is 7.07. The van der Waals surface area contributed by atoms with Gasteiger partial charge in [-0.15, -0.1) is 0 Å². The fourth-order valence-corrected chi connectivity index (χ4v) is 5.28. The summed E-state index contributed by atoms with van der Waals surface area (Å²) in [6.07, 6.45) is 0. The van der Waals surface area contributed by atoms with E-state index < -0.39 is 8.07 Å². The van der Waals surface area contributed by atoms with Crippen LogP contribution in [0.2, 0.25) is 25.7 Å². The number of rotatable bonds is 7. The van der Waals surface area contributed by atoms with Gasteiger partial charge in [-0.25, -0.2) is 0 Å². The van der Waals surface area contributed by atoms with Gasteiger partial charge < -0.3 is 5.32 Å². The van der Waals surface area contributed by atoms with Gasteiger partial charge in [-0.05, 0) is 23.8 Å². The summed E-state index contributed by atoms with van der Waals surface area (Å²) < 4.78 is 0. The minimum absolute atomic E-state index is 0.472. The number of hydrogen-bond acceptors (Lipinski definition) is 1. The van der Waals surface area contributed by atoms with E-state index in [-0.39, 0.29) is 0 Å². The van der Waals surface area contributed by atoms with Crippen molar-refractivity contribution in [3.8, 4) is 0 Å². The highest BCUT2D eigenvalue weighted by atomic mass is 28.3. The van der Waals surface area contributed by atoms with Crippen LogP contribution in [-0.2, 0) is 0 Å². The summed E-state index contributed by atoms with van der Waals surface area (Å²) in [4.78, 5) is 0. The van der Waals surface area contributed by atoms with Crippen LogP contribution in [0, 0.1) is 17.3 Å². The summed E-state index contributed by atoms with van der Waals surface area (Å²) in [5, 5.41) is 3.65. The first-order valence-corrected chi connectivity index (χ1v) is 10.5. The lowest BCUT2D eigenvalue weighted by Gasteiger charge is -2.39. The zero-order valence-corrected chi connectivity index (χ0v) is 13.8. The molecule has 2 heteroatoms. The molecular weight excluding hydrogens is 210 g/mol. The molecule has 0 aliphatic heterocycles. The monoisotopic (exact) mass is 243 g/mol. The molecule has 16 heavy (non-hydrogen) atoms. The highest BCUT2D eigenvalue weighted by Gasteiger charge is 2.33. The van der Waals surface area contributed by atoms with Gasteiger partial charge in [0.2, 0.25) is 0 Å². The van der Waals surface area contributed by atoms with Crippen molar-refractivity contribution >= 4 is 8.07 Å². The Labute approximate surface area is 104 Å². The molecule has 0 fully saturated rings. The van der Waals surface area contributed by atoms with Gasteiger partial charge in [0, 0.05) is 14.6 Å². The summed E-state index contributed by atoms with van der Waals surface area (Å²) in [5.74, 6) is 1.52. The molecule has 98 valence electrons. The zero-order valence-electron chi connectivity index (χ0n) is 12.8. The van der Waals surface area contributed by atoms with Crippen LogP contribution < -0.4 is 5.32 Å². The van der Waals surface area contributed by atoms with Gasteiger partial charge >= 0.3 is 0 Å². The lowest BCUT2D eigenvalue weighted by Crippen LogP contribution is -2.42. The first-order valence-electron chi connectivity index (χ1n) is 6.77. The van der Waals surface area contributed by atoms with Crippen LogP contribution in [0.1, 0.15) is 34.6 Å². The predicted molar refractivity (Wildman–Crippen MR) is 78.8 cm³/mol. The van der Waals surface area contributed by atoms with E-state index in [1.807, 2.05) is 0 Å². The Balaban J connectivity index is 4.35.